The number of hydrogen-bond donors (Lipinski definition) is 1. The van der Waals surface area contributed by atoms with Crippen molar-refractivity contribution >= 4 is 23.9 Å². The SMILES string of the molecule is C[N+](C)(C)C1CCN(c2nn3c(c2N)CCCC3)C1.Cl.[Cl-]. The summed E-state index contributed by atoms with van der Waals surface area (Å²) in [6.07, 6.45) is 4.79. The van der Waals surface area contributed by atoms with Gasteiger partial charge in [0, 0.05) is 19.5 Å². The minimum Gasteiger partial charge on any atom is -1.00 e. The number of nitrogens with zero attached hydrogens (tertiary/aromatic N) is 4. The zero-order valence-corrected chi connectivity index (χ0v) is 14.8. The Morgan fingerprint density at radius 1 is 1.19 bits per heavy atom. The van der Waals surface area contributed by atoms with E-state index < -0.39 is 0 Å². The van der Waals surface area contributed by atoms with E-state index in [-0.39, 0.29) is 24.8 Å². The quantitative estimate of drug-likeness (QED) is 0.670. The number of aromatic nitrogens is 2. The van der Waals surface area contributed by atoms with Gasteiger partial charge in [-0.1, -0.05) is 0 Å². The Labute approximate surface area is 139 Å². The summed E-state index contributed by atoms with van der Waals surface area (Å²) in [5.74, 6) is 1.04. The van der Waals surface area contributed by atoms with Crippen molar-refractivity contribution < 1.29 is 16.9 Å². The minimum absolute atomic E-state index is 0. The summed E-state index contributed by atoms with van der Waals surface area (Å²) in [4.78, 5) is 2.38. The van der Waals surface area contributed by atoms with Crippen LogP contribution in [0.4, 0.5) is 11.5 Å². The zero-order chi connectivity index (χ0) is 13.6. The first-order chi connectivity index (χ1) is 8.97. The molecule has 2 aliphatic heterocycles. The van der Waals surface area contributed by atoms with E-state index in [2.05, 4.69) is 30.7 Å². The lowest BCUT2D eigenvalue weighted by atomic mass is 10.1. The van der Waals surface area contributed by atoms with Gasteiger partial charge in [-0.2, -0.15) is 5.10 Å². The van der Waals surface area contributed by atoms with Gasteiger partial charge < -0.3 is 27.5 Å². The van der Waals surface area contributed by atoms with Crippen LogP contribution in [-0.2, 0) is 13.0 Å². The lowest BCUT2D eigenvalue weighted by Crippen LogP contribution is -3.00. The van der Waals surface area contributed by atoms with Crippen LogP contribution in [0.15, 0.2) is 0 Å². The first kappa shape index (κ1) is 18.4. The number of anilines is 2. The molecule has 3 heterocycles. The van der Waals surface area contributed by atoms with Crippen molar-refractivity contribution in [2.24, 2.45) is 0 Å². The molecule has 0 spiro atoms. The van der Waals surface area contributed by atoms with Crippen LogP contribution in [0.1, 0.15) is 25.0 Å². The van der Waals surface area contributed by atoms with Gasteiger partial charge in [-0.3, -0.25) is 4.68 Å². The standard InChI is InChI=1S/C14H26N5.2ClH/c1-19(2,3)11-7-9-17(10-11)14-13(15)12-6-4-5-8-18(12)16-14;;/h11H,4-10,15H2,1-3H3;2*1H/q+1;;/p-1. The molecule has 3 rings (SSSR count). The second-order valence-electron chi connectivity index (χ2n) is 6.87. The van der Waals surface area contributed by atoms with Gasteiger partial charge >= 0.3 is 0 Å². The Morgan fingerprint density at radius 3 is 2.48 bits per heavy atom. The molecule has 0 amide bonds. The van der Waals surface area contributed by atoms with Gasteiger partial charge in [0.1, 0.15) is 6.04 Å². The van der Waals surface area contributed by atoms with Crippen molar-refractivity contribution in [1.29, 1.82) is 0 Å². The molecule has 1 unspecified atom stereocenters. The minimum atomic E-state index is 0. The molecule has 1 aromatic rings. The largest absolute Gasteiger partial charge is 1.00 e. The molecule has 122 valence electrons. The van der Waals surface area contributed by atoms with Crippen LogP contribution >= 0.6 is 12.4 Å². The molecule has 1 fully saturated rings. The molecule has 2 N–H and O–H groups in total. The van der Waals surface area contributed by atoms with Crippen LogP contribution in [0.2, 0.25) is 0 Å². The lowest BCUT2D eigenvalue weighted by Gasteiger charge is -2.31. The van der Waals surface area contributed by atoms with Gasteiger partial charge in [0.05, 0.1) is 39.1 Å². The second kappa shape index (κ2) is 6.63. The first-order valence-electron chi connectivity index (χ1n) is 7.38. The fourth-order valence-electron chi connectivity index (χ4n) is 3.30. The summed E-state index contributed by atoms with van der Waals surface area (Å²) in [5.41, 5.74) is 8.52. The van der Waals surface area contributed by atoms with Crippen LogP contribution < -0.4 is 23.0 Å². The van der Waals surface area contributed by atoms with E-state index in [1.807, 2.05) is 0 Å². The smallest absolute Gasteiger partial charge is 0.174 e. The summed E-state index contributed by atoms with van der Waals surface area (Å²) in [6, 6.07) is 0.679. The highest BCUT2D eigenvalue weighted by atomic mass is 35.5. The zero-order valence-electron chi connectivity index (χ0n) is 13.2. The molecule has 0 radical (unpaired) electrons. The Bertz CT molecular complexity index is 480. The van der Waals surface area contributed by atoms with E-state index in [9.17, 15) is 0 Å². The van der Waals surface area contributed by atoms with E-state index in [1.54, 1.807) is 0 Å². The Hall–Kier alpha value is -0.650. The molecular weight excluding hydrogens is 309 g/mol. The van der Waals surface area contributed by atoms with E-state index in [1.165, 1.54) is 25.0 Å². The number of hydrogen-bond acceptors (Lipinski definition) is 3. The molecule has 0 aromatic carbocycles. The predicted octanol–water partition coefficient (Wildman–Crippen LogP) is -1.49. The first-order valence-corrected chi connectivity index (χ1v) is 7.38. The van der Waals surface area contributed by atoms with E-state index in [0.29, 0.717) is 6.04 Å². The van der Waals surface area contributed by atoms with Crippen molar-refractivity contribution in [2.75, 3.05) is 44.9 Å². The topological polar surface area (TPSA) is 47.1 Å². The number of nitrogen functional groups attached to an aromatic ring is 1. The Morgan fingerprint density at radius 2 is 1.90 bits per heavy atom. The van der Waals surface area contributed by atoms with Gasteiger partial charge in [-0.15, -0.1) is 12.4 Å². The summed E-state index contributed by atoms with van der Waals surface area (Å²) in [7, 11) is 6.82. The highest BCUT2D eigenvalue weighted by molar-refractivity contribution is 5.85. The van der Waals surface area contributed by atoms with Crippen LogP contribution in [0.25, 0.3) is 0 Å². The number of likely N-dealkylation sites (N-methyl/N-ethyl adjacent to an activating group) is 1. The van der Waals surface area contributed by atoms with E-state index >= 15 is 0 Å². The van der Waals surface area contributed by atoms with Crippen LogP contribution in [0.5, 0.6) is 0 Å². The maximum Gasteiger partial charge on any atom is 0.174 e. The number of fused-ring (bicyclic) bond motifs is 1. The highest BCUT2D eigenvalue weighted by Crippen LogP contribution is 2.32. The fraction of sp³-hybridized carbons (Fsp3) is 0.786. The third kappa shape index (κ3) is 3.41. The van der Waals surface area contributed by atoms with Crippen molar-refractivity contribution in [3.63, 3.8) is 0 Å². The molecule has 21 heavy (non-hydrogen) atoms. The molecule has 7 heteroatoms. The van der Waals surface area contributed by atoms with Gasteiger partial charge in [0.15, 0.2) is 5.82 Å². The Kier molecular flexibility index (Phi) is 5.81. The Balaban J connectivity index is 0.00000110. The summed E-state index contributed by atoms with van der Waals surface area (Å²) < 4.78 is 3.15. The number of halogens is 2. The van der Waals surface area contributed by atoms with Gasteiger partial charge in [-0.05, 0) is 19.3 Å². The normalized spacial score (nSPS) is 21.5. The van der Waals surface area contributed by atoms with Gasteiger partial charge in [0.2, 0.25) is 0 Å². The molecule has 1 aromatic heterocycles. The maximum absolute atomic E-state index is 6.33. The van der Waals surface area contributed by atoms with Crippen LogP contribution in [0, 0.1) is 0 Å². The molecule has 1 saturated heterocycles. The monoisotopic (exact) mass is 335 g/mol. The summed E-state index contributed by atoms with van der Waals surface area (Å²) in [6.45, 7) is 3.19. The third-order valence-corrected chi connectivity index (χ3v) is 4.67. The third-order valence-electron chi connectivity index (χ3n) is 4.67. The van der Waals surface area contributed by atoms with E-state index in [4.69, 9.17) is 10.8 Å². The predicted molar refractivity (Wildman–Crippen MR) is 85.5 cm³/mol. The van der Waals surface area contributed by atoms with Gasteiger partial charge in [0.25, 0.3) is 0 Å². The highest BCUT2D eigenvalue weighted by Gasteiger charge is 2.34. The summed E-state index contributed by atoms with van der Waals surface area (Å²) >= 11 is 0. The average molecular weight is 336 g/mol. The van der Waals surface area contributed by atoms with Crippen LogP contribution in [0.3, 0.4) is 0 Å². The van der Waals surface area contributed by atoms with Crippen molar-refractivity contribution in [3.05, 3.63) is 5.69 Å². The van der Waals surface area contributed by atoms with Gasteiger partial charge in [-0.25, -0.2) is 0 Å². The second-order valence-corrected chi connectivity index (χ2v) is 6.87. The molecule has 2 aliphatic rings. The fourth-order valence-corrected chi connectivity index (χ4v) is 3.30. The number of aryl methyl sites for hydroxylation is 1. The molecule has 5 nitrogen and oxygen atoms in total. The van der Waals surface area contributed by atoms with E-state index in [0.717, 1.165) is 42.0 Å². The van der Waals surface area contributed by atoms with Crippen LogP contribution in [-0.4, -0.2) is 54.5 Å². The van der Waals surface area contributed by atoms with Crippen molar-refractivity contribution in [3.8, 4) is 0 Å². The average Bonchev–Trinajstić information content (AvgIpc) is 2.94. The lowest BCUT2D eigenvalue weighted by molar-refractivity contribution is -0.893. The molecular formula is C14H27Cl2N5. The van der Waals surface area contributed by atoms with Crippen molar-refractivity contribution in [2.45, 2.75) is 38.3 Å². The molecule has 0 bridgehead atoms. The number of rotatable bonds is 2. The maximum atomic E-state index is 6.33. The molecule has 0 saturated carbocycles. The molecule has 0 aliphatic carbocycles. The summed E-state index contributed by atoms with van der Waals surface area (Å²) in [5, 5.41) is 4.76. The molecule has 1 atom stereocenters. The van der Waals surface area contributed by atoms with Crippen molar-refractivity contribution in [1.82, 2.24) is 9.78 Å². The number of quaternary nitrogens is 1. The number of nitrogens with two attached hydrogens (primary N) is 1.